The van der Waals surface area contributed by atoms with Crippen LogP contribution in [-0.4, -0.2) is 36.9 Å². The van der Waals surface area contributed by atoms with Gasteiger partial charge in [0.1, 0.15) is 5.69 Å². The van der Waals surface area contributed by atoms with E-state index in [1.807, 2.05) is 24.3 Å². The summed E-state index contributed by atoms with van der Waals surface area (Å²) in [6.45, 7) is 0. The normalized spacial score (nSPS) is 14.0. The van der Waals surface area contributed by atoms with E-state index in [9.17, 15) is 4.79 Å². The summed E-state index contributed by atoms with van der Waals surface area (Å²) in [6.07, 6.45) is 1.60. The molecule has 1 amide bonds. The number of rotatable bonds is 4. The number of benzene rings is 2. The minimum absolute atomic E-state index is 0.0126. The van der Waals surface area contributed by atoms with Gasteiger partial charge in [-0.1, -0.05) is 58.7 Å². The Bertz CT molecular complexity index is 1380. The highest BCUT2D eigenvalue weighted by atomic mass is 35.5. The number of aryl methyl sites for hydroxylation is 1. The molecule has 2 heterocycles. The Hall–Kier alpha value is -3.76. The second-order valence-electron chi connectivity index (χ2n) is 6.96. The van der Waals surface area contributed by atoms with Crippen LogP contribution in [0.2, 0.25) is 10.0 Å². The average molecular weight is 469 g/mol. The van der Waals surface area contributed by atoms with E-state index in [0.717, 1.165) is 24.1 Å². The van der Waals surface area contributed by atoms with Crippen LogP contribution in [0.1, 0.15) is 28.0 Å². The van der Waals surface area contributed by atoms with Crippen LogP contribution in [0.4, 0.5) is 5.82 Å². The lowest BCUT2D eigenvalue weighted by atomic mass is 10.1. The molecule has 0 saturated heterocycles. The zero-order chi connectivity index (χ0) is 22.2. The van der Waals surface area contributed by atoms with Crippen LogP contribution in [0, 0.1) is 0 Å². The molecule has 5 rings (SSSR count). The van der Waals surface area contributed by atoms with Gasteiger partial charge in [-0.2, -0.15) is 9.78 Å². The van der Waals surface area contributed by atoms with E-state index in [0.29, 0.717) is 10.6 Å². The quantitative estimate of drug-likeness (QED) is 0.438. The smallest absolute Gasteiger partial charge is 0.294 e. The van der Waals surface area contributed by atoms with E-state index in [2.05, 4.69) is 35.8 Å². The number of carbonyl (C=O) groups is 1. The summed E-state index contributed by atoms with van der Waals surface area (Å²) in [5, 5.41) is 20.3. The molecule has 0 saturated carbocycles. The fraction of sp³-hybridized carbons (Fsp3) is 0.100. The lowest BCUT2D eigenvalue weighted by molar-refractivity contribution is 0.0950. The molecular formula is C20H14Cl2N8O2. The minimum Gasteiger partial charge on any atom is -0.378 e. The monoisotopic (exact) mass is 468 g/mol. The molecule has 2 aromatic heterocycles. The first-order chi connectivity index (χ1) is 15.5. The molecule has 12 heteroatoms. The number of nitrogens with zero attached hydrogens (tertiary/aromatic N) is 6. The minimum atomic E-state index is -0.566. The van der Waals surface area contributed by atoms with Crippen LogP contribution in [-0.2, 0) is 6.42 Å². The van der Waals surface area contributed by atoms with Crippen molar-refractivity contribution in [1.82, 2.24) is 30.7 Å². The summed E-state index contributed by atoms with van der Waals surface area (Å²) in [7, 11) is 0. The molecule has 0 atom stereocenters. The second-order valence-corrected chi connectivity index (χ2v) is 7.77. The Labute approximate surface area is 191 Å². The Balaban J connectivity index is 1.55. The van der Waals surface area contributed by atoms with Crippen LogP contribution < -0.4 is 11.2 Å². The van der Waals surface area contributed by atoms with Crippen molar-refractivity contribution in [3.8, 4) is 17.1 Å². The van der Waals surface area contributed by atoms with E-state index in [-0.39, 0.29) is 28.0 Å². The SMILES string of the molecule is Nc1nonc1-n1nnc(C(=O)NN=C2CCc3ccccc32)c1-c1ccc(Cl)c(Cl)c1. The maximum Gasteiger partial charge on any atom is 0.294 e. The molecule has 0 aliphatic heterocycles. The molecule has 10 nitrogen and oxygen atoms in total. The Morgan fingerprint density at radius 1 is 1.12 bits per heavy atom. The van der Waals surface area contributed by atoms with Crippen LogP contribution in [0.3, 0.4) is 0 Å². The molecule has 0 radical (unpaired) electrons. The van der Waals surface area contributed by atoms with Crippen molar-refractivity contribution in [2.24, 2.45) is 5.10 Å². The maximum atomic E-state index is 13.0. The molecule has 2 aromatic carbocycles. The predicted octanol–water partition coefficient (Wildman–Crippen LogP) is 3.29. The number of amides is 1. The Morgan fingerprint density at radius 3 is 2.75 bits per heavy atom. The van der Waals surface area contributed by atoms with Crippen molar-refractivity contribution in [2.75, 3.05) is 5.73 Å². The van der Waals surface area contributed by atoms with Gasteiger partial charge in [0, 0.05) is 11.1 Å². The molecule has 0 bridgehead atoms. The van der Waals surface area contributed by atoms with Gasteiger partial charge in [0.15, 0.2) is 5.69 Å². The van der Waals surface area contributed by atoms with Crippen LogP contribution in [0.5, 0.6) is 0 Å². The van der Waals surface area contributed by atoms with Crippen molar-refractivity contribution < 1.29 is 9.42 Å². The Kier molecular flexibility index (Phi) is 5.08. The van der Waals surface area contributed by atoms with Gasteiger partial charge >= 0.3 is 0 Å². The topological polar surface area (TPSA) is 137 Å². The number of hydrogen-bond donors (Lipinski definition) is 2. The number of hydrogen-bond acceptors (Lipinski definition) is 8. The van der Waals surface area contributed by atoms with E-state index < -0.39 is 5.91 Å². The molecule has 0 spiro atoms. The molecule has 1 aliphatic rings. The first kappa shape index (κ1) is 20.2. The van der Waals surface area contributed by atoms with Gasteiger partial charge in [-0.25, -0.2) is 10.1 Å². The third-order valence-corrected chi connectivity index (χ3v) is 5.77. The number of hydrazone groups is 1. The third kappa shape index (κ3) is 3.49. The summed E-state index contributed by atoms with van der Waals surface area (Å²) in [6, 6.07) is 12.8. The van der Waals surface area contributed by atoms with Crippen molar-refractivity contribution in [3.05, 3.63) is 69.3 Å². The highest BCUT2D eigenvalue weighted by Gasteiger charge is 2.26. The maximum absolute atomic E-state index is 13.0. The number of nitrogen functional groups attached to an aromatic ring is 1. The number of nitrogens with two attached hydrogens (primary N) is 1. The van der Waals surface area contributed by atoms with Gasteiger partial charge in [-0.05, 0) is 40.9 Å². The van der Waals surface area contributed by atoms with Gasteiger partial charge in [-0.3, -0.25) is 4.79 Å². The number of anilines is 1. The van der Waals surface area contributed by atoms with E-state index in [4.69, 9.17) is 28.9 Å². The molecule has 4 aromatic rings. The Morgan fingerprint density at radius 2 is 1.97 bits per heavy atom. The molecule has 1 aliphatic carbocycles. The number of fused-ring (bicyclic) bond motifs is 1. The van der Waals surface area contributed by atoms with E-state index in [1.54, 1.807) is 18.2 Å². The van der Waals surface area contributed by atoms with E-state index >= 15 is 0 Å². The van der Waals surface area contributed by atoms with Crippen LogP contribution in [0.15, 0.2) is 52.2 Å². The lowest BCUT2D eigenvalue weighted by Gasteiger charge is -2.07. The standard InChI is InChI=1S/C20H14Cl2N8O2/c21-13-7-5-11(9-14(13)22)17-16(25-29-30(17)19-18(23)27-32-28-19)20(31)26-24-15-8-6-10-3-1-2-4-12(10)15/h1-5,7,9H,6,8H2,(H2,23,27)(H,26,31). The summed E-state index contributed by atoms with van der Waals surface area (Å²) in [5.41, 5.74) is 12.2. The first-order valence-corrected chi connectivity index (χ1v) is 10.2. The van der Waals surface area contributed by atoms with Gasteiger partial charge < -0.3 is 5.73 Å². The number of nitrogens with one attached hydrogen (secondary N) is 1. The molecular weight excluding hydrogens is 455 g/mol. The number of halogens is 2. The molecule has 0 fully saturated rings. The largest absolute Gasteiger partial charge is 0.378 e. The van der Waals surface area contributed by atoms with Crippen molar-refractivity contribution in [2.45, 2.75) is 12.8 Å². The van der Waals surface area contributed by atoms with Gasteiger partial charge in [-0.15, -0.1) is 5.10 Å². The zero-order valence-corrected chi connectivity index (χ0v) is 17.8. The highest BCUT2D eigenvalue weighted by Crippen LogP contribution is 2.31. The highest BCUT2D eigenvalue weighted by molar-refractivity contribution is 6.42. The van der Waals surface area contributed by atoms with Crippen LogP contribution in [0.25, 0.3) is 17.1 Å². The zero-order valence-electron chi connectivity index (χ0n) is 16.3. The average Bonchev–Trinajstić information content (AvgIpc) is 3.52. The predicted molar refractivity (Wildman–Crippen MR) is 118 cm³/mol. The fourth-order valence-corrected chi connectivity index (χ4v) is 3.82. The van der Waals surface area contributed by atoms with Gasteiger partial charge in [0.05, 0.1) is 15.8 Å². The second kappa shape index (κ2) is 8.06. The lowest BCUT2D eigenvalue weighted by Crippen LogP contribution is -2.21. The summed E-state index contributed by atoms with van der Waals surface area (Å²) >= 11 is 12.2. The van der Waals surface area contributed by atoms with Crippen LogP contribution >= 0.6 is 23.2 Å². The summed E-state index contributed by atoms with van der Waals surface area (Å²) < 4.78 is 5.92. The molecule has 3 N–H and O–H groups in total. The fourth-order valence-electron chi connectivity index (χ4n) is 3.52. The first-order valence-electron chi connectivity index (χ1n) is 9.47. The van der Waals surface area contributed by atoms with Crippen molar-refractivity contribution in [3.63, 3.8) is 0 Å². The number of carbonyl (C=O) groups excluding carboxylic acids is 1. The van der Waals surface area contributed by atoms with Crippen molar-refractivity contribution >= 4 is 40.6 Å². The molecule has 160 valence electrons. The summed E-state index contributed by atoms with van der Waals surface area (Å²) in [5.74, 6) is -0.510. The third-order valence-electron chi connectivity index (χ3n) is 5.03. The molecule has 0 unspecified atom stereocenters. The number of aromatic nitrogens is 5. The van der Waals surface area contributed by atoms with Crippen molar-refractivity contribution in [1.29, 1.82) is 0 Å². The van der Waals surface area contributed by atoms with E-state index in [1.165, 1.54) is 10.2 Å². The van der Waals surface area contributed by atoms with Gasteiger partial charge in [0.25, 0.3) is 5.91 Å². The van der Waals surface area contributed by atoms with Gasteiger partial charge in [0.2, 0.25) is 11.6 Å². The summed E-state index contributed by atoms with van der Waals surface area (Å²) in [4.78, 5) is 13.0. The molecule has 32 heavy (non-hydrogen) atoms.